The standard InChI is InChI=1S/C29H26BrFN6O3S2/c1-17(2)27(42(38)39)12-32-13-28-37-25(15-41-28)23-10-21-24(11-33-23)34-16-35-29(21)36-20-6-7-26(22(30)9-20)40-14-18-4-3-5-19(31)8-18/h3-11,15-17,32H,12-14H2,1-2H3,(H,34,35,36). The largest absolute Gasteiger partial charge is 0.488 e. The molecule has 2 N–H and O–H groups in total. The molecule has 0 aliphatic heterocycles. The van der Waals surface area contributed by atoms with Crippen LogP contribution in [0.3, 0.4) is 0 Å². The van der Waals surface area contributed by atoms with Crippen molar-refractivity contribution in [3.8, 4) is 17.1 Å². The second-order valence-electron chi connectivity index (χ2n) is 9.58. The molecule has 0 fully saturated rings. The first-order chi connectivity index (χ1) is 20.3. The summed E-state index contributed by atoms with van der Waals surface area (Å²) in [5, 5.41) is 10.0. The van der Waals surface area contributed by atoms with E-state index in [-0.39, 0.29) is 24.9 Å². The third-order valence-electron chi connectivity index (χ3n) is 6.25. The van der Waals surface area contributed by atoms with Gasteiger partial charge >= 0.3 is 0 Å². The Labute approximate surface area is 255 Å². The van der Waals surface area contributed by atoms with Gasteiger partial charge in [-0.1, -0.05) is 26.0 Å². The van der Waals surface area contributed by atoms with Crippen molar-refractivity contribution in [2.24, 2.45) is 5.92 Å². The number of fused-ring (bicyclic) bond motifs is 1. The van der Waals surface area contributed by atoms with Crippen LogP contribution in [0, 0.1) is 11.7 Å². The lowest BCUT2D eigenvalue weighted by atomic mass is 10.1. The van der Waals surface area contributed by atoms with Gasteiger partial charge in [0, 0.05) is 29.5 Å². The molecule has 0 unspecified atom stereocenters. The molecule has 9 nitrogen and oxygen atoms in total. The Morgan fingerprint density at radius 1 is 1.10 bits per heavy atom. The first-order valence-electron chi connectivity index (χ1n) is 12.9. The summed E-state index contributed by atoms with van der Waals surface area (Å²) in [6.07, 6.45) is 3.16. The van der Waals surface area contributed by atoms with Gasteiger partial charge in [0.25, 0.3) is 0 Å². The number of hydrogen-bond acceptors (Lipinski definition) is 10. The zero-order valence-electron chi connectivity index (χ0n) is 22.6. The quantitative estimate of drug-likeness (QED) is 0.159. The fourth-order valence-corrected chi connectivity index (χ4v) is 5.93. The molecule has 0 saturated carbocycles. The lowest BCUT2D eigenvalue weighted by molar-refractivity contribution is 0.303. The molecule has 216 valence electrons. The van der Waals surface area contributed by atoms with E-state index in [9.17, 15) is 12.8 Å². The number of pyridine rings is 1. The van der Waals surface area contributed by atoms with Gasteiger partial charge in [-0.3, -0.25) is 4.98 Å². The van der Waals surface area contributed by atoms with Crippen LogP contribution in [-0.2, 0) is 23.4 Å². The van der Waals surface area contributed by atoms with Crippen molar-refractivity contribution in [1.29, 1.82) is 0 Å². The molecular weight excluding hydrogens is 643 g/mol. The van der Waals surface area contributed by atoms with Crippen LogP contribution in [0.1, 0.15) is 24.4 Å². The Morgan fingerprint density at radius 2 is 1.95 bits per heavy atom. The van der Waals surface area contributed by atoms with Crippen LogP contribution in [0.25, 0.3) is 22.3 Å². The van der Waals surface area contributed by atoms with Crippen molar-refractivity contribution in [1.82, 2.24) is 25.3 Å². The predicted molar refractivity (Wildman–Crippen MR) is 167 cm³/mol. The summed E-state index contributed by atoms with van der Waals surface area (Å²) in [4.78, 5) is 18.5. The Kier molecular flexibility index (Phi) is 9.52. The summed E-state index contributed by atoms with van der Waals surface area (Å²) in [6, 6.07) is 13.8. The number of halogens is 2. The highest BCUT2D eigenvalue weighted by atomic mass is 79.9. The molecule has 0 bridgehead atoms. The summed E-state index contributed by atoms with van der Waals surface area (Å²) in [5.74, 6) is 0.859. The van der Waals surface area contributed by atoms with Gasteiger partial charge in [0.15, 0.2) is 0 Å². The first-order valence-corrected chi connectivity index (χ1v) is 15.7. The highest BCUT2D eigenvalue weighted by Gasteiger charge is 2.13. The number of hydrogen-bond donors (Lipinski definition) is 2. The number of nitrogens with zero attached hydrogens (tertiary/aromatic N) is 4. The van der Waals surface area contributed by atoms with Crippen molar-refractivity contribution < 1.29 is 17.5 Å². The summed E-state index contributed by atoms with van der Waals surface area (Å²) >= 11 is 5.03. The van der Waals surface area contributed by atoms with Gasteiger partial charge in [-0.05, 0) is 63.8 Å². The Morgan fingerprint density at radius 3 is 2.71 bits per heavy atom. The Balaban J connectivity index is 1.30. The Bertz CT molecular complexity index is 1870. The van der Waals surface area contributed by atoms with Crippen LogP contribution in [0.4, 0.5) is 15.9 Å². The SMILES string of the molecule is CC(C)C(CNCc1nc(-c2cc3c(Nc4ccc(OCc5cccc(F)c5)c(Br)c4)ncnc3cn2)cs1)=S(=O)=O. The van der Waals surface area contributed by atoms with E-state index < -0.39 is 10.3 Å². The van der Waals surface area contributed by atoms with Crippen LogP contribution >= 0.6 is 27.3 Å². The molecular formula is C29H26BrFN6O3S2. The summed E-state index contributed by atoms with van der Waals surface area (Å²) in [5.41, 5.74) is 3.55. The molecule has 3 heterocycles. The molecule has 2 aromatic carbocycles. The molecule has 0 radical (unpaired) electrons. The predicted octanol–water partition coefficient (Wildman–Crippen LogP) is 6.17. The number of ether oxygens (including phenoxy) is 1. The second-order valence-corrected chi connectivity index (χ2v) is 12.4. The molecule has 13 heteroatoms. The molecule has 5 rings (SSSR count). The highest BCUT2D eigenvalue weighted by molar-refractivity contribution is 9.10. The van der Waals surface area contributed by atoms with Crippen LogP contribution in [0.15, 0.2) is 70.9 Å². The average Bonchev–Trinajstić information content (AvgIpc) is 3.43. The first kappa shape index (κ1) is 29.7. The molecule has 5 aromatic rings. The fraction of sp³-hybridized carbons (Fsp3) is 0.207. The molecule has 0 spiro atoms. The van der Waals surface area contributed by atoms with Crippen LogP contribution in [-0.4, -0.2) is 39.8 Å². The van der Waals surface area contributed by atoms with E-state index in [1.807, 2.05) is 49.6 Å². The third kappa shape index (κ3) is 7.34. The fourth-order valence-electron chi connectivity index (χ4n) is 4.08. The second kappa shape index (κ2) is 13.5. The minimum absolute atomic E-state index is 0.0614. The topological polar surface area (TPSA) is 119 Å². The number of thiazole rings is 1. The van der Waals surface area contributed by atoms with Gasteiger partial charge < -0.3 is 15.4 Å². The number of benzene rings is 2. The molecule has 0 atom stereocenters. The van der Waals surface area contributed by atoms with E-state index in [1.165, 1.54) is 29.8 Å². The summed E-state index contributed by atoms with van der Waals surface area (Å²) in [6.45, 7) is 4.67. The van der Waals surface area contributed by atoms with Gasteiger partial charge in [0.2, 0.25) is 10.3 Å². The summed E-state index contributed by atoms with van der Waals surface area (Å²) < 4.78 is 42.9. The maximum Gasteiger partial charge on any atom is 0.214 e. The molecule has 0 aliphatic rings. The van der Waals surface area contributed by atoms with Crippen molar-refractivity contribution in [3.05, 3.63) is 87.3 Å². The minimum Gasteiger partial charge on any atom is -0.488 e. The maximum atomic E-state index is 13.5. The third-order valence-corrected chi connectivity index (χ3v) is 8.76. The van der Waals surface area contributed by atoms with Gasteiger partial charge in [0.1, 0.15) is 35.3 Å². The Hall–Kier alpha value is -3.78. The van der Waals surface area contributed by atoms with Crippen molar-refractivity contribution in [3.63, 3.8) is 0 Å². The molecule has 0 amide bonds. The van der Waals surface area contributed by atoms with E-state index in [0.717, 1.165) is 26.1 Å². The maximum absolute atomic E-state index is 13.5. The van der Waals surface area contributed by atoms with Gasteiger partial charge in [0.05, 0.1) is 32.4 Å². The normalized spacial score (nSPS) is 11.2. The van der Waals surface area contributed by atoms with Crippen LogP contribution < -0.4 is 15.4 Å². The van der Waals surface area contributed by atoms with Gasteiger partial charge in [-0.25, -0.2) is 19.3 Å². The molecule has 0 aliphatic carbocycles. The minimum atomic E-state index is -2.22. The monoisotopic (exact) mass is 668 g/mol. The van der Waals surface area contributed by atoms with Gasteiger partial charge in [-0.15, -0.1) is 11.3 Å². The van der Waals surface area contributed by atoms with Crippen molar-refractivity contribution in [2.75, 3.05) is 11.9 Å². The number of rotatable bonds is 11. The molecule has 3 aromatic heterocycles. The highest BCUT2D eigenvalue weighted by Crippen LogP contribution is 2.32. The van der Waals surface area contributed by atoms with Crippen LogP contribution in [0.5, 0.6) is 5.75 Å². The molecule has 0 saturated heterocycles. The average molecular weight is 670 g/mol. The van der Waals surface area contributed by atoms with E-state index in [0.29, 0.717) is 39.9 Å². The number of anilines is 2. The van der Waals surface area contributed by atoms with Crippen molar-refractivity contribution in [2.45, 2.75) is 27.0 Å². The number of nitrogens with one attached hydrogen (secondary N) is 2. The van der Waals surface area contributed by atoms with Crippen LogP contribution in [0.2, 0.25) is 0 Å². The smallest absolute Gasteiger partial charge is 0.214 e. The van der Waals surface area contributed by atoms with E-state index in [2.05, 4.69) is 46.5 Å². The molecule has 42 heavy (non-hydrogen) atoms. The lowest BCUT2D eigenvalue weighted by Gasteiger charge is -2.12. The van der Waals surface area contributed by atoms with E-state index in [4.69, 9.17) is 4.74 Å². The van der Waals surface area contributed by atoms with E-state index >= 15 is 0 Å². The zero-order valence-corrected chi connectivity index (χ0v) is 25.9. The van der Waals surface area contributed by atoms with Crippen molar-refractivity contribution >= 4 is 64.8 Å². The van der Waals surface area contributed by atoms with E-state index in [1.54, 1.807) is 12.3 Å². The van der Waals surface area contributed by atoms with Gasteiger partial charge in [-0.2, -0.15) is 8.42 Å². The lowest BCUT2D eigenvalue weighted by Crippen LogP contribution is -2.26. The summed E-state index contributed by atoms with van der Waals surface area (Å²) in [7, 11) is -2.22. The zero-order chi connectivity index (χ0) is 29.6. The number of aromatic nitrogens is 4.